The van der Waals surface area contributed by atoms with Gasteiger partial charge < -0.3 is 15.4 Å². The molecule has 4 rings (SSSR count). The lowest BCUT2D eigenvalue weighted by molar-refractivity contribution is -0.131. The number of carboxylic acids is 1. The third-order valence-corrected chi connectivity index (χ3v) is 5.67. The topological polar surface area (TPSA) is 119 Å². The number of rotatable bonds is 7. The van der Waals surface area contributed by atoms with Crippen LogP contribution in [0, 0.1) is 6.92 Å². The standard InChI is InChI=1S/C26H20N2O5/c1-15-21(24(30)25(27)31)22-19(23(29)26(32)33)12-7-13-20(22)28(15)14-17-10-5-6-11-18(17)16-8-3-2-4-9-16/h2-13H,14H2,1H3,(H2,27,31)(H,32,33). The SMILES string of the molecule is Cc1c(C(=O)C(N)=O)c2c(C(=O)C(=O)O)cccc2n1Cc1ccccc1-c1ccccc1. The quantitative estimate of drug-likeness (QED) is 0.336. The molecule has 1 amide bonds. The number of Topliss-reactive ketones (excluding diaryl/α,β-unsaturated/α-hetero) is 2. The fourth-order valence-corrected chi connectivity index (χ4v) is 4.16. The van der Waals surface area contributed by atoms with Crippen LogP contribution in [0.25, 0.3) is 22.0 Å². The molecular formula is C26H20N2O5. The van der Waals surface area contributed by atoms with Crippen molar-refractivity contribution in [1.29, 1.82) is 0 Å². The average Bonchev–Trinajstić information content (AvgIpc) is 3.10. The van der Waals surface area contributed by atoms with Gasteiger partial charge in [0.05, 0.1) is 11.1 Å². The molecule has 7 heteroatoms. The minimum atomic E-state index is -1.65. The molecule has 0 unspecified atom stereocenters. The van der Waals surface area contributed by atoms with E-state index in [1.165, 1.54) is 6.07 Å². The van der Waals surface area contributed by atoms with Crippen LogP contribution < -0.4 is 5.73 Å². The van der Waals surface area contributed by atoms with E-state index in [1.807, 2.05) is 54.6 Å². The maximum atomic E-state index is 12.7. The molecule has 0 aliphatic carbocycles. The van der Waals surface area contributed by atoms with E-state index in [4.69, 9.17) is 5.73 Å². The molecule has 0 saturated carbocycles. The van der Waals surface area contributed by atoms with Crippen LogP contribution in [0.3, 0.4) is 0 Å². The second-order valence-electron chi connectivity index (χ2n) is 7.60. The number of aromatic nitrogens is 1. The van der Waals surface area contributed by atoms with Gasteiger partial charge in [-0.25, -0.2) is 4.79 Å². The van der Waals surface area contributed by atoms with Gasteiger partial charge in [-0.2, -0.15) is 0 Å². The van der Waals surface area contributed by atoms with Crippen LogP contribution in [0.4, 0.5) is 0 Å². The monoisotopic (exact) mass is 440 g/mol. The molecule has 164 valence electrons. The van der Waals surface area contributed by atoms with Gasteiger partial charge in [-0.1, -0.05) is 60.7 Å². The predicted octanol–water partition coefficient (Wildman–Crippen LogP) is 3.60. The average molecular weight is 440 g/mol. The smallest absolute Gasteiger partial charge is 0.377 e. The van der Waals surface area contributed by atoms with Gasteiger partial charge in [0.1, 0.15) is 0 Å². The summed E-state index contributed by atoms with van der Waals surface area (Å²) in [6.07, 6.45) is 0. The number of nitrogens with zero attached hydrogens (tertiary/aromatic N) is 1. The lowest BCUT2D eigenvalue weighted by atomic mass is 9.99. The Hall–Kier alpha value is -4.52. The van der Waals surface area contributed by atoms with Crippen molar-refractivity contribution in [3.05, 3.63) is 95.2 Å². The van der Waals surface area contributed by atoms with E-state index in [2.05, 4.69) is 0 Å². The van der Waals surface area contributed by atoms with Crippen LogP contribution in [0.1, 0.15) is 32.0 Å². The predicted molar refractivity (Wildman–Crippen MR) is 123 cm³/mol. The molecule has 0 bridgehead atoms. The van der Waals surface area contributed by atoms with Gasteiger partial charge in [0.2, 0.25) is 0 Å². The van der Waals surface area contributed by atoms with Crippen molar-refractivity contribution in [1.82, 2.24) is 4.57 Å². The Morgan fingerprint density at radius 1 is 0.848 bits per heavy atom. The van der Waals surface area contributed by atoms with Crippen molar-refractivity contribution in [2.24, 2.45) is 5.73 Å². The normalized spacial score (nSPS) is 10.8. The van der Waals surface area contributed by atoms with E-state index in [1.54, 1.807) is 23.6 Å². The van der Waals surface area contributed by atoms with Gasteiger partial charge in [0.25, 0.3) is 17.5 Å². The summed E-state index contributed by atoms with van der Waals surface area (Å²) in [5.74, 6) is -4.97. The molecule has 3 N–H and O–H groups in total. The van der Waals surface area contributed by atoms with E-state index < -0.39 is 23.4 Å². The minimum Gasteiger partial charge on any atom is -0.475 e. The summed E-state index contributed by atoms with van der Waals surface area (Å²) in [7, 11) is 0. The summed E-state index contributed by atoms with van der Waals surface area (Å²) in [5, 5.41) is 9.39. The maximum Gasteiger partial charge on any atom is 0.377 e. The zero-order valence-corrected chi connectivity index (χ0v) is 17.7. The highest BCUT2D eigenvalue weighted by Crippen LogP contribution is 2.32. The first-order valence-electron chi connectivity index (χ1n) is 10.2. The highest BCUT2D eigenvalue weighted by Gasteiger charge is 2.29. The number of nitrogens with two attached hydrogens (primary N) is 1. The fraction of sp³-hybridized carbons (Fsp3) is 0.0769. The van der Waals surface area contributed by atoms with E-state index in [9.17, 15) is 24.3 Å². The number of amides is 1. The van der Waals surface area contributed by atoms with Crippen LogP contribution >= 0.6 is 0 Å². The van der Waals surface area contributed by atoms with Crippen LogP contribution in [0.5, 0.6) is 0 Å². The molecule has 0 fully saturated rings. The lowest BCUT2D eigenvalue weighted by Gasteiger charge is -2.14. The summed E-state index contributed by atoms with van der Waals surface area (Å²) in [6, 6.07) is 22.1. The number of fused-ring (bicyclic) bond motifs is 1. The molecular weight excluding hydrogens is 420 g/mol. The maximum absolute atomic E-state index is 12.7. The number of primary amides is 1. The Balaban J connectivity index is 1.98. The largest absolute Gasteiger partial charge is 0.475 e. The summed E-state index contributed by atoms with van der Waals surface area (Å²) in [6.45, 7) is 1.97. The first-order valence-corrected chi connectivity index (χ1v) is 10.2. The van der Waals surface area contributed by atoms with Crippen molar-refractivity contribution in [2.75, 3.05) is 0 Å². The number of carboxylic acid groups (broad SMARTS) is 1. The fourth-order valence-electron chi connectivity index (χ4n) is 4.16. The summed E-state index contributed by atoms with van der Waals surface area (Å²) < 4.78 is 1.80. The van der Waals surface area contributed by atoms with Crippen LogP contribution in [-0.4, -0.2) is 33.1 Å². The number of carbonyl (C=O) groups is 4. The number of benzene rings is 3. The second-order valence-corrected chi connectivity index (χ2v) is 7.60. The molecule has 0 radical (unpaired) electrons. The van der Waals surface area contributed by atoms with Gasteiger partial charge in [-0.3, -0.25) is 14.4 Å². The molecule has 7 nitrogen and oxygen atoms in total. The van der Waals surface area contributed by atoms with Crippen molar-refractivity contribution in [3.63, 3.8) is 0 Å². The molecule has 0 atom stereocenters. The first kappa shape index (κ1) is 21.7. The summed E-state index contributed by atoms with van der Waals surface area (Å²) in [4.78, 5) is 48.3. The van der Waals surface area contributed by atoms with E-state index >= 15 is 0 Å². The minimum absolute atomic E-state index is 0.0557. The number of ketones is 2. The molecule has 0 spiro atoms. The number of hydrogen-bond acceptors (Lipinski definition) is 4. The summed E-state index contributed by atoms with van der Waals surface area (Å²) in [5.41, 5.74) is 8.88. The zero-order valence-electron chi connectivity index (χ0n) is 17.7. The molecule has 3 aromatic carbocycles. The molecule has 33 heavy (non-hydrogen) atoms. The van der Waals surface area contributed by atoms with Crippen LogP contribution in [-0.2, 0) is 16.1 Å². The highest BCUT2D eigenvalue weighted by molar-refractivity contribution is 6.47. The number of hydrogen-bond donors (Lipinski definition) is 2. The lowest BCUT2D eigenvalue weighted by Crippen LogP contribution is -2.24. The Kier molecular flexibility index (Phi) is 5.62. The number of carbonyl (C=O) groups excluding carboxylic acids is 3. The molecule has 4 aromatic rings. The molecule has 0 aliphatic rings. The van der Waals surface area contributed by atoms with Crippen molar-refractivity contribution in [3.8, 4) is 11.1 Å². The molecule has 0 aliphatic heterocycles. The van der Waals surface area contributed by atoms with E-state index in [-0.39, 0.29) is 16.5 Å². The van der Waals surface area contributed by atoms with Gasteiger partial charge >= 0.3 is 5.97 Å². The van der Waals surface area contributed by atoms with Crippen LogP contribution in [0.15, 0.2) is 72.8 Å². The molecule has 1 heterocycles. The van der Waals surface area contributed by atoms with Crippen LogP contribution in [0.2, 0.25) is 0 Å². The Labute approximate surface area is 189 Å². The van der Waals surface area contributed by atoms with E-state index in [0.717, 1.165) is 16.7 Å². The van der Waals surface area contributed by atoms with Gasteiger partial charge in [0.15, 0.2) is 0 Å². The molecule has 1 aromatic heterocycles. The van der Waals surface area contributed by atoms with E-state index in [0.29, 0.717) is 17.8 Å². The van der Waals surface area contributed by atoms with Crippen molar-refractivity contribution >= 4 is 34.3 Å². The van der Waals surface area contributed by atoms with Crippen molar-refractivity contribution < 1.29 is 24.3 Å². The summed E-state index contributed by atoms with van der Waals surface area (Å²) >= 11 is 0. The third kappa shape index (κ3) is 3.80. The van der Waals surface area contributed by atoms with Gasteiger partial charge in [-0.05, 0) is 35.7 Å². The Morgan fingerprint density at radius 2 is 1.52 bits per heavy atom. The highest BCUT2D eigenvalue weighted by atomic mass is 16.4. The first-order chi connectivity index (χ1) is 15.8. The molecule has 0 saturated heterocycles. The van der Waals surface area contributed by atoms with Gasteiger partial charge in [-0.15, -0.1) is 0 Å². The van der Waals surface area contributed by atoms with Gasteiger partial charge in [0, 0.05) is 23.2 Å². The third-order valence-electron chi connectivity index (χ3n) is 5.67. The Morgan fingerprint density at radius 3 is 2.18 bits per heavy atom. The Bertz CT molecular complexity index is 1430. The zero-order chi connectivity index (χ0) is 23.7. The number of aliphatic carboxylic acids is 1. The second kappa shape index (κ2) is 8.55. The van der Waals surface area contributed by atoms with Crippen molar-refractivity contribution in [2.45, 2.75) is 13.5 Å².